The number of halogens is 1. The molecule has 0 heterocycles. The Labute approximate surface area is 87.8 Å². The predicted molar refractivity (Wildman–Crippen MR) is 56.0 cm³/mol. The molecule has 0 aromatic heterocycles. The van der Waals surface area contributed by atoms with Crippen molar-refractivity contribution in [2.45, 2.75) is 13.3 Å². The van der Waals surface area contributed by atoms with E-state index in [9.17, 15) is 8.42 Å². The molecule has 0 aliphatic heterocycles. The second-order valence-corrected chi connectivity index (χ2v) is 4.30. The standard InChI is InChI=1S/C8H10ClNO3S/c1-2-6-3-4-7(5-8(6)9)10-14(11,12)13/h3-5,10H,2H2,1H3,(H,11,12,13). The highest BCUT2D eigenvalue weighted by molar-refractivity contribution is 7.87. The number of aryl methyl sites for hydroxylation is 1. The molecule has 78 valence electrons. The van der Waals surface area contributed by atoms with Gasteiger partial charge >= 0.3 is 10.3 Å². The minimum Gasteiger partial charge on any atom is -0.269 e. The smallest absolute Gasteiger partial charge is 0.269 e. The maximum atomic E-state index is 10.5. The van der Waals surface area contributed by atoms with Crippen LogP contribution in [0.3, 0.4) is 0 Å². The van der Waals surface area contributed by atoms with Crippen LogP contribution in [0.2, 0.25) is 5.02 Å². The first-order valence-electron chi connectivity index (χ1n) is 3.96. The topological polar surface area (TPSA) is 66.4 Å². The van der Waals surface area contributed by atoms with Crippen LogP contribution in [0.1, 0.15) is 12.5 Å². The maximum absolute atomic E-state index is 10.5. The first-order valence-corrected chi connectivity index (χ1v) is 5.78. The van der Waals surface area contributed by atoms with Gasteiger partial charge in [-0.1, -0.05) is 24.6 Å². The average Bonchev–Trinajstić information content (AvgIpc) is 2.01. The lowest BCUT2D eigenvalue weighted by molar-refractivity contribution is 0.490. The van der Waals surface area contributed by atoms with E-state index in [1.807, 2.05) is 11.6 Å². The van der Waals surface area contributed by atoms with Gasteiger partial charge in [-0.3, -0.25) is 9.27 Å². The van der Waals surface area contributed by atoms with Crippen molar-refractivity contribution in [2.24, 2.45) is 0 Å². The highest BCUT2D eigenvalue weighted by Crippen LogP contribution is 2.21. The fraction of sp³-hybridized carbons (Fsp3) is 0.250. The quantitative estimate of drug-likeness (QED) is 0.789. The van der Waals surface area contributed by atoms with Crippen molar-refractivity contribution in [2.75, 3.05) is 4.72 Å². The number of rotatable bonds is 3. The van der Waals surface area contributed by atoms with Crippen molar-refractivity contribution in [3.63, 3.8) is 0 Å². The van der Waals surface area contributed by atoms with Gasteiger partial charge in [0.2, 0.25) is 0 Å². The lowest BCUT2D eigenvalue weighted by Crippen LogP contribution is -2.10. The molecule has 0 saturated carbocycles. The van der Waals surface area contributed by atoms with Crippen molar-refractivity contribution in [1.29, 1.82) is 0 Å². The second kappa shape index (κ2) is 4.16. The van der Waals surface area contributed by atoms with E-state index in [1.165, 1.54) is 6.07 Å². The summed E-state index contributed by atoms with van der Waals surface area (Å²) in [5.41, 5.74) is 1.17. The third-order valence-electron chi connectivity index (χ3n) is 1.68. The Morgan fingerprint density at radius 1 is 1.50 bits per heavy atom. The minimum absolute atomic E-state index is 0.245. The number of nitrogens with one attached hydrogen (secondary N) is 1. The largest absolute Gasteiger partial charge is 0.357 e. The summed E-state index contributed by atoms with van der Waals surface area (Å²) in [4.78, 5) is 0. The molecule has 6 heteroatoms. The van der Waals surface area contributed by atoms with Gasteiger partial charge in [0.1, 0.15) is 0 Å². The van der Waals surface area contributed by atoms with Crippen molar-refractivity contribution >= 4 is 27.6 Å². The van der Waals surface area contributed by atoms with Crippen LogP contribution in [-0.4, -0.2) is 13.0 Å². The Kier molecular flexibility index (Phi) is 3.36. The van der Waals surface area contributed by atoms with E-state index in [1.54, 1.807) is 12.1 Å². The third kappa shape index (κ3) is 3.17. The molecule has 0 radical (unpaired) electrons. The minimum atomic E-state index is -4.22. The highest BCUT2D eigenvalue weighted by Gasteiger charge is 2.05. The summed E-state index contributed by atoms with van der Waals surface area (Å²) < 4.78 is 31.4. The summed E-state index contributed by atoms with van der Waals surface area (Å²) in [5, 5.41) is 0.473. The highest BCUT2D eigenvalue weighted by atomic mass is 35.5. The summed E-state index contributed by atoms with van der Waals surface area (Å²) in [7, 11) is -4.22. The van der Waals surface area contributed by atoms with Crippen LogP contribution in [0.4, 0.5) is 5.69 Å². The monoisotopic (exact) mass is 235 g/mol. The lowest BCUT2D eigenvalue weighted by atomic mass is 10.1. The molecule has 0 amide bonds. The van der Waals surface area contributed by atoms with Crippen LogP contribution in [0, 0.1) is 0 Å². The second-order valence-electron chi connectivity index (χ2n) is 2.74. The fourth-order valence-electron chi connectivity index (χ4n) is 1.05. The number of hydrogen-bond acceptors (Lipinski definition) is 2. The molecule has 0 spiro atoms. The van der Waals surface area contributed by atoms with Gasteiger partial charge in [-0.15, -0.1) is 0 Å². The number of hydrogen-bond donors (Lipinski definition) is 2. The van der Waals surface area contributed by atoms with Crippen LogP contribution >= 0.6 is 11.6 Å². The van der Waals surface area contributed by atoms with Gasteiger partial charge in [0.05, 0.1) is 5.69 Å². The Morgan fingerprint density at radius 2 is 2.14 bits per heavy atom. The van der Waals surface area contributed by atoms with E-state index in [0.29, 0.717) is 5.02 Å². The van der Waals surface area contributed by atoms with E-state index in [4.69, 9.17) is 16.2 Å². The normalized spacial score (nSPS) is 11.4. The molecule has 2 N–H and O–H groups in total. The first kappa shape index (κ1) is 11.3. The number of benzene rings is 1. The van der Waals surface area contributed by atoms with Gasteiger partial charge in [0.15, 0.2) is 0 Å². The van der Waals surface area contributed by atoms with E-state index < -0.39 is 10.3 Å². The molecule has 1 aromatic rings. The van der Waals surface area contributed by atoms with E-state index in [0.717, 1.165) is 12.0 Å². The zero-order chi connectivity index (χ0) is 10.8. The summed E-state index contributed by atoms with van der Waals surface area (Å²) >= 11 is 5.84. The molecule has 1 aromatic carbocycles. The summed E-state index contributed by atoms with van der Waals surface area (Å²) in [6.45, 7) is 1.94. The van der Waals surface area contributed by atoms with Crippen molar-refractivity contribution in [3.8, 4) is 0 Å². The van der Waals surface area contributed by atoms with E-state index >= 15 is 0 Å². The van der Waals surface area contributed by atoms with Crippen molar-refractivity contribution in [1.82, 2.24) is 0 Å². The summed E-state index contributed by atoms with van der Waals surface area (Å²) in [6.07, 6.45) is 0.769. The van der Waals surface area contributed by atoms with Gasteiger partial charge in [0, 0.05) is 5.02 Å². The fourth-order valence-corrected chi connectivity index (χ4v) is 1.79. The van der Waals surface area contributed by atoms with Crippen LogP contribution in [0.5, 0.6) is 0 Å². The third-order valence-corrected chi connectivity index (χ3v) is 2.53. The van der Waals surface area contributed by atoms with Crippen LogP contribution < -0.4 is 4.72 Å². The molecule has 0 fully saturated rings. The maximum Gasteiger partial charge on any atom is 0.357 e. The Balaban J connectivity index is 2.98. The van der Waals surface area contributed by atoms with Crippen molar-refractivity contribution in [3.05, 3.63) is 28.8 Å². The van der Waals surface area contributed by atoms with Gasteiger partial charge in [-0.05, 0) is 24.1 Å². The molecule has 0 unspecified atom stereocenters. The summed E-state index contributed by atoms with van der Waals surface area (Å²) in [6, 6.07) is 4.70. The molecule has 0 aliphatic carbocycles. The van der Waals surface area contributed by atoms with Crippen LogP contribution in [0.25, 0.3) is 0 Å². The molecular formula is C8H10ClNO3S. The van der Waals surface area contributed by atoms with Crippen molar-refractivity contribution < 1.29 is 13.0 Å². The summed E-state index contributed by atoms with van der Waals surface area (Å²) in [5.74, 6) is 0. The Morgan fingerprint density at radius 3 is 2.57 bits per heavy atom. The molecular weight excluding hydrogens is 226 g/mol. The SMILES string of the molecule is CCc1ccc(NS(=O)(=O)O)cc1Cl. The molecule has 0 atom stereocenters. The zero-order valence-electron chi connectivity index (χ0n) is 7.49. The van der Waals surface area contributed by atoms with Crippen LogP contribution in [-0.2, 0) is 16.7 Å². The van der Waals surface area contributed by atoms with Gasteiger partial charge in [0.25, 0.3) is 0 Å². The zero-order valence-corrected chi connectivity index (χ0v) is 9.06. The number of anilines is 1. The lowest BCUT2D eigenvalue weighted by Gasteiger charge is -2.05. The first-order chi connectivity index (χ1) is 6.42. The van der Waals surface area contributed by atoms with Gasteiger partial charge in [-0.2, -0.15) is 8.42 Å². The Bertz CT molecular complexity index is 430. The van der Waals surface area contributed by atoms with E-state index in [2.05, 4.69) is 0 Å². The molecule has 0 bridgehead atoms. The van der Waals surface area contributed by atoms with E-state index in [-0.39, 0.29) is 5.69 Å². The molecule has 0 saturated heterocycles. The Hall–Kier alpha value is -0.780. The molecule has 4 nitrogen and oxygen atoms in total. The molecule has 0 aliphatic rings. The van der Waals surface area contributed by atoms with Gasteiger partial charge in [-0.25, -0.2) is 0 Å². The van der Waals surface area contributed by atoms with Gasteiger partial charge < -0.3 is 0 Å². The predicted octanol–water partition coefficient (Wildman–Crippen LogP) is 2.12. The molecule has 1 rings (SSSR count). The average molecular weight is 236 g/mol. The van der Waals surface area contributed by atoms with Crippen LogP contribution in [0.15, 0.2) is 18.2 Å². The molecule has 14 heavy (non-hydrogen) atoms.